The highest BCUT2D eigenvalue weighted by Gasteiger charge is 2.36. The Morgan fingerprint density at radius 2 is 2.05 bits per heavy atom. The lowest BCUT2D eigenvalue weighted by molar-refractivity contribution is -0.138. The summed E-state index contributed by atoms with van der Waals surface area (Å²) in [5, 5.41) is 16.0. The molecule has 1 aromatic heterocycles. The minimum Gasteiger partial charge on any atom is -0.504 e. The van der Waals surface area contributed by atoms with Gasteiger partial charge < -0.3 is 15.6 Å². The molecule has 0 fully saturated rings. The summed E-state index contributed by atoms with van der Waals surface area (Å²) in [6.45, 7) is 0. The van der Waals surface area contributed by atoms with E-state index in [2.05, 4.69) is 14.9 Å². The maximum absolute atomic E-state index is 12.7. The number of aromatic amines is 1. The Kier molecular flexibility index (Phi) is 3.01. The summed E-state index contributed by atoms with van der Waals surface area (Å²) < 4.78 is 42.8. The number of nitrogens with two attached hydrogens (primary N) is 1. The standard InChI is InChI=1S/C11H10F3N3O2/c1-19-10-6(11(12,13)14)3-2-5(9(10)18)7-4-8(15)17-16-7/h2-4,18H,1H3,(H3,15,16,17). The van der Waals surface area contributed by atoms with Crippen molar-refractivity contribution in [3.63, 3.8) is 0 Å². The maximum Gasteiger partial charge on any atom is 0.420 e. The molecule has 0 amide bonds. The van der Waals surface area contributed by atoms with E-state index in [9.17, 15) is 18.3 Å². The minimum atomic E-state index is -4.62. The molecule has 0 unspecified atom stereocenters. The molecule has 8 heteroatoms. The number of methoxy groups -OCH3 is 1. The molecule has 0 atom stereocenters. The monoisotopic (exact) mass is 273 g/mol. The molecule has 5 nitrogen and oxygen atoms in total. The summed E-state index contributed by atoms with van der Waals surface area (Å²) >= 11 is 0. The average molecular weight is 273 g/mol. The Balaban J connectivity index is 2.61. The van der Waals surface area contributed by atoms with E-state index in [1.54, 1.807) is 0 Å². The number of phenolic OH excluding ortho intramolecular Hbond substituents is 1. The molecule has 0 aliphatic rings. The van der Waals surface area contributed by atoms with Gasteiger partial charge in [-0.25, -0.2) is 0 Å². The van der Waals surface area contributed by atoms with Crippen LogP contribution in [0.2, 0.25) is 0 Å². The third-order valence-electron chi connectivity index (χ3n) is 2.53. The predicted octanol–water partition coefficient (Wildman–Crippen LogP) is 2.39. The number of nitrogens with one attached hydrogen (secondary N) is 1. The number of rotatable bonds is 2. The van der Waals surface area contributed by atoms with Crippen LogP contribution in [-0.4, -0.2) is 22.4 Å². The van der Waals surface area contributed by atoms with Crippen LogP contribution in [0.4, 0.5) is 19.0 Å². The van der Waals surface area contributed by atoms with Crippen LogP contribution < -0.4 is 10.5 Å². The van der Waals surface area contributed by atoms with Crippen molar-refractivity contribution in [3.05, 3.63) is 23.8 Å². The van der Waals surface area contributed by atoms with Crippen LogP contribution in [0.1, 0.15) is 5.56 Å². The number of alkyl halides is 3. The van der Waals surface area contributed by atoms with Crippen molar-refractivity contribution in [3.8, 4) is 22.8 Å². The summed E-state index contributed by atoms with van der Waals surface area (Å²) in [7, 11) is 1.05. The summed E-state index contributed by atoms with van der Waals surface area (Å²) in [4.78, 5) is 0. The molecule has 0 aliphatic carbocycles. The van der Waals surface area contributed by atoms with Gasteiger partial charge in [0.1, 0.15) is 11.4 Å². The second-order valence-electron chi connectivity index (χ2n) is 3.75. The van der Waals surface area contributed by atoms with Crippen LogP contribution >= 0.6 is 0 Å². The zero-order chi connectivity index (χ0) is 14.2. The van der Waals surface area contributed by atoms with E-state index < -0.39 is 23.2 Å². The Morgan fingerprint density at radius 3 is 2.53 bits per heavy atom. The largest absolute Gasteiger partial charge is 0.504 e. The topological polar surface area (TPSA) is 84.2 Å². The number of aromatic nitrogens is 2. The van der Waals surface area contributed by atoms with Crippen LogP contribution in [0.25, 0.3) is 11.3 Å². The van der Waals surface area contributed by atoms with Crippen molar-refractivity contribution in [1.29, 1.82) is 0 Å². The van der Waals surface area contributed by atoms with Gasteiger partial charge in [0.2, 0.25) is 0 Å². The van der Waals surface area contributed by atoms with Crippen molar-refractivity contribution in [1.82, 2.24) is 10.2 Å². The van der Waals surface area contributed by atoms with Crippen molar-refractivity contribution in [2.45, 2.75) is 6.18 Å². The fourth-order valence-electron chi connectivity index (χ4n) is 1.69. The van der Waals surface area contributed by atoms with Gasteiger partial charge in [-0.3, -0.25) is 5.10 Å². The van der Waals surface area contributed by atoms with Crippen LogP contribution in [0, 0.1) is 0 Å². The van der Waals surface area contributed by atoms with Crippen molar-refractivity contribution in [2.75, 3.05) is 12.8 Å². The van der Waals surface area contributed by atoms with Gasteiger partial charge in [0, 0.05) is 11.6 Å². The molecule has 4 N–H and O–H groups in total. The first kappa shape index (κ1) is 13.1. The van der Waals surface area contributed by atoms with E-state index in [1.807, 2.05) is 0 Å². The van der Waals surface area contributed by atoms with Crippen LogP contribution in [-0.2, 0) is 6.18 Å². The maximum atomic E-state index is 12.7. The number of hydrogen-bond donors (Lipinski definition) is 3. The summed E-state index contributed by atoms with van der Waals surface area (Å²) in [5.74, 6) is -1.10. The van der Waals surface area contributed by atoms with Gasteiger partial charge in [0.05, 0.1) is 12.8 Å². The number of phenols is 1. The van der Waals surface area contributed by atoms with Crippen LogP contribution in [0.3, 0.4) is 0 Å². The highest BCUT2D eigenvalue weighted by molar-refractivity contribution is 5.73. The van der Waals surface area contributed by atoms with Gasteiger partial charge in [0.25, 0.3) is 0 Å². The molecular formula is C11H10F3N3O2. The van der Waals surface area contributed by atoms with E-state index in [1.165, 1.54) is 6.07 Å². The Labute approximate surface area is 105 Å². The summed E-state index contributed by atoms with van der Waals surface area (Å²) in [6, 6.07) is 3.33. The van der Waals surface area contributed by atoms with Gasteiger partial charge in [-0.2, -0.15) is 18.3 Å². The SMILES string of the molecule is COc1c(C(F)(F)F)ccc(-c2cc(N)n[nH]2)c1O. The fraction of sp³-hybridized carbons (Fsp3) is 0.182. The van der Waals surface area contributed by atoms with E-state index in [-0.39, 0.29) is 11.4 Å². The highest BCUT2D eigenvalue weighted by atomic mass is 19.4. The van der Waals surface area contributed by atoms with Crippen molar-refractivity contribution < 1.29 is 23.0 Å². The molecule has 0 saturated carbocycles. The number of hydrogen-bond acceptors (Lipinski definition) is 4. The molecule has 1 aromatic carbocycles. The highest BCUT2D eigenvalue weighted by Crippen LogP contribution is 2.45. The van der Waals surface area contributed by atoms with E-state index in [4.69, 9.17) is 5.73 Å². The molecule has 0 bridgehead atoms. The second-order valence-corrected chi connectivity index (χ2v) is 3.75. The molecule has 0 radical (unpaired) electrons. The van der Waals surface area contributed by atoms with Crippen LogP contribution in [0.15, 0.2) is 18.2 Å². The lowest BCUT2D eigenvalue weighted by Gasteiger charge is -2.15. The number of nitrogen functional groups attached to an aromatic ring is 1. The quantitative estimate of drug-likeness (QED) is 0.784. The average Bonchev–Trinajstić information content (AvgIpc) is 2.74. The summed E-state index contributed by atoms with van der Waals surface area (Å²) in [5.41, 5.74) is 4.76. The molecule has 0 saturated heterocycles. The number of anilines is 1. The normalized spacial score (nSPS) is 11.6. The Hall–Kier alpha value is -2.38. The minimum absolute atomic E-state index is 0.119. The first-order chi connectivity index (χ1) is 8.84. The van der Waals surface area contributed by atoms with Gasteiger partial charge >= 0.3 is 6.18 Å². The number of nitrogens with zero attached hydrogens (tertiary/aromatic N) is 1. The molecule has 2 aromatic rings. The molecule has 19 heavy (non-hydrogen) atoms. The molecule has 0 spiro atoms. The third-order valence-corrected chi connectivity index (χ3v) is 2.53. The number of benzene rings is 1. The molecule has 1 heterocycles. The smallest absolute Gasteiger partial charge is 0.420 e. The molecule has 102 valence electrons. The lowest BCUT2D eigenvalue weighted by Crippen LogP contribution is -2.07. The molecule has 2 rings (SSSR count). The fourth-order valence-corrected chi connectivity index (χ4v) is 1.69. The van der Waals surface area contributed by atoms with E-state index >= 15 is 0 Å². The van der Waals surface area contributed by atoms with Crippen molar-refractivity contribution >= 4 is 5.82 Å². The lowest BCUT2D eigenvalue weighted by atomic mass is 10.1. The molecular weight excluding hydrogens is 263 g/mol. The third kappa shape index (κ3) is 2.28. The van der Waals surface area contributed by atoms with Crippen LogP contribution in [0.5, 0.6) is 11.5 Å². The number of ether oxygens (including phenoxy) is 1. The predicted molar refractivity (Wildman–Crippen MR) is 61.7 cm³/mol. The summed E-state index contributed by atoms with van der Waals surface area (Å²) in [6.07, 6.45) is -4.62. The Bertz CT molecular complexity index is 608. The number of aromatic hydroxyl groups is 1. The molecule has 0 aliphatic heterocycles. The van der Waals surface area contributed by atoms with E-state index in [0.29, 0.717) is 5.69 Å². The number of H-pyrrole nitrogens is 1. The zero-order valence-corrected chi connectivity index (χ0v) is 9.75. The van der Waals surface area contributed by atoms with Gasteiger partial charge in [0.15, 0.2) is 11.5 Å². The van der Waals surface area contributed by atoms with E-state index in [0.717, 1.165) is 19.2 Å². The number of halogens is 3. The first-order valence-corrected chi connectivity index (χ1v) is 5.13. The first-order valence-electron chi connectivity index (χ1n) is 5.13. The second kappa shape index (κ2) is 4.38. The zero-order valence-electron chi connectivity index (χ0n) is 9.75. The van der Waals surface area contributed by atoms with Gasteiger partial charge in [-0.1, -0.05) is 0 Å². The van der Waals surface area contributed by atoms with Gasteiger partial charge in [-0.15, -0.1) is 0 Å². The van der Waals surface area contributed by atoms with Crippen molar-refractivity contribution in [2.24, 2.45) is 0 Å². The Morgan fingerprint density at radius 1 is 1.37 bits per heavy atom. The van der Waals surface area contributed by atoms with Gasteiger partial charge in [-0.05, 0) is 12.1 Å².